The Morgan fingerprint density at radius 2 is 2.17 bits per heavy atom. The number of aromatic nitrogens is 1. The van der Waals surface area contributed by atoms with E-state index in [4.69, 9.17) is 9.47 Å². The summed E-state index contributed by atoms with van der Waals surface area (Å²) in [6.45, 7) is 0.783. The lowest BCUT2D eigenvalue weighted by atomic mass is 10.1. The molecule has 1 aromatic heterocycles. The van der Waals surface area contributed by atoms with Crippen molar-refractivity contribution in [1.29, 1.82) is 0 Å². The van der Waals surface area contributed by atoms with Crippen LogP contribution in [-0.2, 0) is 6.42 Å². The van der Waals surface area contributed by atoms with E-state index in [1.807, 2.05) is 30.3 Å². The highest BCUT2D eigenvalue weighted by molar-refractivity contribution is 9.10. The van der Waals surface area contributed by atoms with Gasteiger partial charge in [-0.25, -0.2) is 4.98 Å². The van der Waals surface area contributed by atoms with Gasteiger partial charge in [0.25, 0.3) is 0 Å². The molecule has 4 heteroatoms. The van der Waals surface area contributed by atoms with Crippen LogP contribution in [0.4, 0.5) is 0 Å². The fourth-order valence-electron chi connectivity index (χ4n) is 1.95. The maximum Gasteiger partial charge on any atom is 0.220 e. The van der Waals surface area contributed by atoms with Crippen LogP contribution in [-0.4, -0.2) is 11.6 Å². The average Bonchev–Trinajstić information content (AvgIpc) is 2.39. The molecule has 1 aliphatic heterocycles. The summed E-state index contributed by atoms with van der Waals surface area (Å²) in [6.07, 6.45) is 2.16. The third-order valence-electron chi connectivity index (χ3n) is 2.80. The summed E-state index contributed by atoms with van der Waals surface area (Å²) in [5, 5.41) is 0. The normalized spacial score (nSPS) is 13.6. The Hall–Kier alpha value is -1.55. The number of hydrogen-bond acceptors (Lipinski definition) is 3. The first-order valence-electron chi connectivity index (χ1n) is 5.87. The second-order valence-electron chi connectivity index (χ2n) is 4.12. The van der Waals surface area contributed by atoms with Crippen molar-refractivity contribution in [3.05, 3.63) is 46.6 Å². The van der Waals surface area contributed by atoms with Crippen LogP contribution < -0.4 is 9.47 Å². The van der Waals surface area contributed by atoms with Gasteiger partial charge in [-0.2, -0.15) is 0 Å². The molecule has 2 heterocycles. The first-order chi connectivity index (χ1) is 8.81. The molecule has 1 aliphatic rings. The van der Waals surface area contributed by atoms with E-state index in [2.05, 4.69) is 27.0 Å². The van der Waals surface area contributed by atoms with Crippen LogP contribution in [0.1, 0.15) is 12.0 Å². The quantitative estimate of drug-likeness (QED) is 0.787. The van der Waals surface area contributed by atoms with Crippen molar-refractivity contribution in [3.63, 3.8) is 0 Å². The van der Waals surface area contributed by atoms with Gasteiger partial charge in [0.1, 0.15) is 16.1 Å². The minimum Gasteiger partial charge on any atom is -0.493 e. The Morgan fingerprint density at radius 3 is 3.06 bits per heavy atom. The lowest BCUT2D eigenvalue weighted by Crippen LogP contribution is -2.08. The monoisotopic (exact) mass is 305 g/mol. The Labute approximate surface area is 114 Å². The molecule has 92 valence electrons. The Morgan fingerprint density at radius 1 is 1.22 bits per heavy atom. The number of pyridine rings is 1. The van der Waals surface area contributed by atoms with Crippen molar-refractivity contribution in [2.75, 3.05) is 6.61 Å². The van der Waals surface area contributed by atoms with Gasteiger partial charge in [-0.3, -0.25) is 0 Å². The van der Waals surface area contributed by atoms with Crippen molar-refractivity contribution in [3.8, 4) is 17.4 Å². The molecule has 0 unspecified atom stereocenters. The van der Waals surface area contributed by atoms with E-state index in [-0.39, 0.29) is 0 Å². The number of ether oxygens (including phenoxy) is 2. The molecule has 2 aromatic rings. The minimum atomic E-state index is 0.570. The van der Waals surface area contributed by atoms with Gasteiger partial charge in [0.2, 0.25) is 5.88 Å². The van der Waals surface area contributed by atoms with Crippen LogP contribution in [0.2, 0.25) is 0 Å². The molecule has 0 amide bonds. The molecule has 0 bridgehead atoms. The summed E-state index contributed by atoms with van der Waals surface area (Å²) in [5.41, 5.74) is 1.25. The molecule has 0 radical (unpaired) electrons. The average molecular weight is 306 g/mol. The van der Waals surface area contributed by atoms with Gasteiger partial charge >= 0.3 is 0 Å². The number of fused-ring (bicyclic) bond motifs is 1. The predicted octanol–water partition coefficient (Wildman–Crippen LogP) is 3.96. The van der Waals surface area contributed by atoms with Crippen LogP contribution in [0.15, 0.2) is 41.0 Å². The molecule has 0 atom stereocenters. The van der Waals surface area contributed by atoms with Gasteiger partial charge in [-0.15, -0.1) is 0 Å². The first-order valence-corrected chi connectivity index (χ1v) is 6.67. The maximum absolute atomic E-state index is 5.70. The van der Waals surface area contributed by atoms with Gasteiger partial charge in [0.15, 0.2) is 0 Å². The lowest BCUT2D eigenvalue weighted by molar-refractivity contribution is 0.287. The van der Waals surface area contributed by atoms with E-state index in [1.54, 1.807) is 0 Å². The van der Waals surface area contributed by atoms with E-state index in [0.29, 0.717) is 5.88 Å². The summed E-state index contributed by atoms with van der Waals surface area (Å²) in [4.78, 5) is 4.23. The van der Waals surface area contributed by atoms with Crippen molar-refractivity contribution in [1.82, 2.24) is 4.98 Å². The number of hydrogen-bond donors (Lipinski definition) is 0. The smallest absolute Gasteiger partial charge is 0.220 e. The Bertz CT molecular complexity index is 571. The molecule has 0 fully saturated rings. The number of halogens is 1. The predicted molar refractivity (Wildman–Crippen MR) is 72.3 cm³/mol. The summed E-state index contributed by atoms with van der Waals surface area (Å²) >= 11 is 3.32. The highest BCUT2D eigenvalue weighted by Crippen LogP contribution is 2.31. The number of nitrogens with zero attached hydrogens (tertiary/aromatic N) is 1. The zero-order valence-corrected chi connectivity index (χ0v) is 11.3. The van der Waals surface area contributed by atoms with E-state index >= 15 is 0 Å². The second-order valence-corrected chi connectivity index (χ2v) is 4.93. The number of aryl methyl sites for hydroxylation is 1. The minimum absolute atomic E-state index is 0.570. The highest BCUT2D eigenvalue weighted by Gasteiger charge is 2.11. The van der Waals surface area contributed by atoms with Gasteiger partial charge in [0, 0.05) is 12.1 Å². The van der Waals surface area contributed by atoms with E-state index < -0.39 is 0 Å². The SMILES string of the molecule is Brc1cccc(Oc2ccc3c(c2)OCCC3)n1. The summed E-state index contributed by atoms with van der Waals surface area (Å²) in [5.74, 6) is 2.25. The third kappa shape index (κ3) is 2.48. The largest absolute Gasteiger partial charge is 0.493 e. The van der Waals surface area contributed by atoms with Crippen LogP contribution >= 0.6 is 15.9 Å². The molecule has 0 N–H and O–H groups in total. The van der Waals surface area contributed by atoms with Crippen molar-refractivity contribution in [2.45, 2.75) is 12.8 Å². The summed E-state index contributed by atoms with van der Waals surface area (Å²) in [6, 6.07) is 11.5. The Balaban J connectivity index is 1.85. The first kappa shape index (κ1) is 11.5. The van der Waals surface area contributed by atoms with Gasteiger partial charge in [-0.05, 0) is 46.5 Å². The molecule has 1 aromatic carbocycles. The fraction of sp³-hybridized carbons (Fsp3) is 0.214. The topological polar surface area (TPSA) is 31.4 Å². The zero-order chi connectivity index (χ0) is 12.4. The second kappa shape index (κ2) is 4.98. The van der Waals surface area contributed by atoms with E-state index in [9.17, 15) is 0 Å². The molecular formula is C14H12BrNO2. The number of benzene rings is 1. The van der Waals surface area contributed by atoms with Crippen LogP contribution in [0.5, 0.6) is 17.4 Å². The van der Waals surface area contributed by atoms with Crippen LogP contribution in [0.25, 0.3) is 0 Å². The molecule has 0 spiro atoms. The van der Waals surface area contributed by atoms with Crippen LogP contribution in [0.3, 0.4) is 0 Å². The fourth-order valence-corrected chi connectivity index (χ4v) is 2.28. The van der Waals surface area contributed by atoms with Crippen molar-refractivity contribution in [2.24, 2.45) is 0 Å². The van der Waals surface area contributed by atoms with Crippen molar-refractivity contribution >= 4 is 15.9 Å². The maximum atomic E-state index is 5.70. The summed E-state index contributed by atoms with van der Waals surface area (Å²) in [7, 11) is 0. The zero-order valence-electron chi connectivity index (χ0n) is 9.73. The molecule has 0 saturated carbocycles. The Kier molecular flexibility index (Phi) is 3.19. The summed E-state index contributed by atoms with van der Waals surface area (Å²) < 4.78 is 12.1. The molecular weight excluding hydrogens is 294 g/mol. The molecule has 3 rings (SSSR count). The highest BCUT2D eigenvalue weighted by atomic mass is 79.9. The lowest BCUT2D eigenvalue weighted by Gasteiger charge is -2.17. The van der Waals surface area contributed by atoms with E-state index in [1.165, 1.54) is 5.56 Å². The standard InChI is InChI=1S/C14H12BrNO2/c15-13-4-1-5-14(16-13)18-11-7-6-10-3-2-8-17-12(10)9-11/h1,4-7,9H,2-3,8H2. The third-order valence-corrected chi connectivity index (χ3v) is 3.24. The van der Waals surface area contributed by atoms with Crippen molar-refractivity contribution < 1.29 is 9.47 Å². The van der Waals surface area contributed by atoms with Crippen LogP contribution in [0, 0.1) is 0 Å². The van der Waals surface area contributed by atoms with Gasteiger partial charge in [-0.1, -0.05) is 12.1 Å². The molecule has 0 saturated heterocycles. The van der Waals surface area contributed by atoms with Gasteiger partial charge < -0.3 is 9.47 Å². The van der Waals surface area contributed by atoms with Gasteiger partial charge in [0.05, 0.1) is 6.61 Å². The molecule has 0 aliphatic carbocycles. The van der Waals surface area contributed by atoms with E-state index in [0.717, 1.165) is 35.6 Å². The number of rotatable bonds is 2. The molecule has 3 nitrogen and oxygen atoms in total. The molecule has 18 heavy (non-hydrogen) atoms.